The normalized spacial score (nSPS) is 9.38. The summed E-state index contributed by atoms with van der Waals surface area (Å²) in [4.78, 5) is 10.9. The van der Waals surface area contributed by atoms with Gasteiger partial charge in [-0.1, -0.05) is 15.9 Å². The molecule has 0 saturated carbocycles. The Morgan fingerprint density at radius 2 is 2.00 bits per heavy atom. The van der Waals surface area contributed by atoms with Crippen LogP contribution in [0.3, 0.4) is 0 Å². The van der Waals surface area contributed by atoms with Crippen molar-refractivity contribution in [3.63, 3.8) is 0 Å². The number of likely N-dealkylation sites (N-methyl/N-ethyl adjacent to an activating group) is 1. The number of hydrogen-bond acceptors (Lipinski definition) is 2. The van der Waals surface area contributed by atoms with Gasteiger partial charge in [0, 0.05) is 17.2 Å². The maximum Gasteiger partial charge on any atom is 0.239 e. The van der Waals surface area contributed by atoms with Gasteiger partial charge >= 0.3 is 0 Å². The van der Waals surface area contributed by atoms with Crippen molar-refractivity contribution in [2.75, 3.05) is 18.9 Å². The molecule has 70 valence electrons. The molecular formula is C9H11BrN2O. The third-order valence-corrected chi connectivity index (χ3v) is 2.10. The van der Waals surface area contributed by atoms with Gasteiger partial charge in [0.05, 0.1) is 6.54 Å². The van der Waals surface area contributed by atoms with E-state index in [-0.39, 0.29) is 5.91 Å². The van der Waals surface area contributed by atoms with E-state index < -0.39 is 0 Å². The lowest BCUT2D eigenvalue weighted by atomic mass is 10.3. The maximum absolute atomic E-state index is 10.9. The van der Waals surface area contributed by atoms with Crippen molar-refractivity contribution < 1.29 is 4.79 Å². The molecule has 2 N–H and O–H groups in total. The molecule has 0 aliphatic heterocycles. The molecule has 0 fully saturated rings. The number of carbonyl (C=O) groups excluding carboxylic acids is 1. The minimum atomic E-state index is -0.0251. The number of carbonyl (C=O) groups is 1. The van der Waals surface area contributed by atoms with Gasteiger partial charge < -0.3 is 10.6 Å². The Hall–Kier alpha value is -1.03. The number of nitrogens with one attached hydrogen (secondary N) is 2. The van der Waals surface area contributed by atoms with Crippen molar-refractivity contribution in [2.45, 2.75) is 0 Å². The van der Waals surface area contributed by atoms with E-state index in [9.17, 15) is 4.79 Å². The molecular weight excluding hydrogens is 232 g/mol. The molecule has 1 aromatic carbocycles. The standard InChI is InChI=1S/C9H11BrN2O/c1-11-9(13)6-12-8-4-2-7(10)3-5-8/h2-5,12H,6H2,1H3,(H,11,13). The van der Waals surface area contributed by atoms with E-state index in [4.69, 9.17) is 0 Å². The molecule has 0 aromatic heterocycles. The third kappa shape index (κ3) is 3.46. The number of anilines is 1. The number of hydrogen-bond donors (Lipinski definition) is 2. The Bertz CT molecular complexity index is 284. The first-order chi connectivity index (χ1) is 6.22. The molecule has 0 aliphatic carbocycles. The molecule has 0 aliphatic rings. The van der Waals surface area contributed by atoms with E-state index in [1.807, 2.05) is 24.3 Å². The molecule has 3 nitrogen and oxygen atoms in total. The summed E-state index contributed by atoms with van der Waals surface area (Å²) < 4.78 is 1.03. The van der Waals surface area contributed by atoms with Crippen molar-refractivity contribution in [2.24, 2.45) is 0 Å². The molecule has 0 heterocycles. The Kier molecular flexibility index (Phi) is 3.76. The second-order valence-electron chi connectivity index (χ2n) is 2.53. The Morgan fingerprint density at radius 1 is 1.38 bits per heavy atom. The van der Waals surface area contributed by atoms with Gasteiger partial charge in [-0.3, -0.25) is 4.79 Å². The fraction of sp³-hybridized carbons (Fsp3) is 0.222. The highest BCUT2D eigenvalue weighted by Gasteiger charge is 1.96. The van der Waals surface area contributed by atoms with Gasteiger partial charge in [0.25, 0.3) is 0 Å². The van der Waals surface area contributed by atoms with Gasteiger partial charge in [-0.15, -0.1) is 0 Å². The number of benzene rings is 1. The summed E-state index contributed by atoms with van der Waals surface area (Å²) in [7, 11) is 1.62. The van der Waals surface area contributed by atoms with Crippen LogP contribution in [0.4, 0.5) is 5.69 Å². The van der Waals surface area contributed by atoms with Gasteiger partial charge in [0.15, 0.2) is 0 Å². The van der Waals surface area contributed by atoms with E-state index in [0.717, 1.165) is 10.2 Å². The van der Waals surface area contributed by atoms with E-state index in [1.54, 1.807) is 7.05 Å². The van der Waals surface area contributed by atoms with E-state index in [0.29, 0.717) is 6.54 Å². The summed E-state index contributed by atoms with van der Waals surface area (Å²) in [5, 5.41) is 5.53. The largest absolute Gasteiger partial charge is 0.376 e. The summed E-state index contributed by atoms with van der Waals surface area (Å²) in [6, 6.07) is 7.67. The average molecular weight is 243 g/mol. The molecule has 0 saturated heterocycles. The maximum atomic E-state index is 10.9. The Balaban J connectivity index is 2.46. The monoisotopic (exact) mass is 242 g/mol. The zero-order chi connectivity index (χ0) is 9.68. The lowest BCUT2D eigenvalue weighted by molar-refractivity contribution is -0.118. The van der Waals surface area contributed by atoms with E-state index >= 15 is 0 Å². The highest BCUT2D eigenvalue weighted by molar-refractivity contribution is 9.10. The van der Waals surface area contributed by atoms with Gasteiger partial charge in [-0.2, -0.15) is 0 Å². The van der Waals surface area contributed by atoms with Crippen LogP contribution in [-0.2, 0) is 4.79 Å². The zero-order valence-corrected chi connectivity index (χ0v) is 8.89. The quantitative estimate of drug-likeness (QED) is 0.846. The predicted molar refractivity (Wildman–Crippen MR) is 56.7 cm³/mol. The fourth-order valence-electron chi connectivity index (χ4n) is 0.838. The van der Waals surface area contributed by atoms with E-state index in [1.165, 1.54) is 0 Å². The Labute approximate surface area is 85.7 Å². The Morgan fingerprint density at radius 3 is 2.54 bits per heavy atom. The lowest BCUT2D eigenvalue weighted by Crippen LogP contribution is -2.26. The topological polar surface area (TPSA) is 41.1 Å². The zero-order valence-electron chi connectivity index (χ0n) is 7.30. The first-order valence-corrected chi connectivity index (χ1v) is 4.71. The van der Waals surface area contributed by atoms with Crippen molar-refractivity contribution >= 4 is 27.5 Å². The van der Waals surface area contributed by atoms with Crippen LogP contribution in [0, 0.1) is 0 Å². The summed E-state index contributed by atoms with van der Waals surface area (Å²) in [5.41, 5.74) is 0.937. The number of amides is 1. The molecule has 13 heavy (non-hydrogen) atoms. The second kappa shape index (κ2) is 4.87. The molecule has 0 bridgehead atoms. The lowest BCUT2D eigenvalue weighted by Gasteiger charge is -2.04. The molecule has 0 radical (unpaired) electrons. The molecule has 1 aromatic rings. The van der Waals surface area contributed by atoms with Crippen LogP contribution in [0.25, 0.3) is 0 Å². The first-order valence-electron chi connectivity index (χ1n) is 3.92. The molecule has 1 amide bonds. The van der Waals surface area contributed by atoms with Crippen LogP contribution < -0.4 is 10.6 Å². The summed E-state index contributed by atoms with van der Waals surface area (Å²) >= 11 is 3.33. The van der Waals surface area contributed by atoms with Gasteiger partial charge in [0.1, 0.15) is 0 Å². The van der Waals surface area contributed by atoms with Gasteiger partial charge in [-0.05, 0) is 24.3 Å². The number of halogens is 1. The van der Waals surface area contributed by atoms with Gasteiger partial charge in [0.2, 0.25) is 5.91 Å². The molecule has 0 atom stereocenters. The second-order valence-corrected chi connectivity index (χ2v) is 3.45. The van der Waals surface area contributed by atoms with Crippen LogP contribution in [0.2, 0.25) is 0 Å². The third-order valence-electron chi connectivity index (χ3n) is 1.58. The predicted octanol–water partition coefficient (Wildman–Crippen LogP) is 1.61. The summed E-state index contributed by atoms with van der Waals surface area (Å²) in [6.07, 6.45) is 0. The van der Waals surface area contributed by atoms with Crippen LogP contribution >= 0.6 is 15.9 Å². The molecule has 0 unspecified atom stereocenters. The van der Waals surface area contributed by atoms with Crippen molar-refractivity contribution in [1.82, 2.24) is 5.32 Å². The highest BCUT2D eigenvalue weighted by atomic mass is 79.9. The van der Waals surface area contributed by atoms with Crippen LogP contribution in [0.15, 0.2) is 28.7 Å². The van der Waals surface area contributed by atoms with Crippen LogP contribution in [0.5, 0.6) is 0 Å². The van der Waals surface area contributed by atoms with Gasteiger partial charge in [-0.25, -0.2) is 0 Å². The average Bonchev–Trinajstić information content (AvgIpc) is 2.16. The van der Waals surface area contributed by atoms with E-state index in [2.05, 4.69) is 26.6 Å². The minimum absolute atomic E-state index is 0.0251. The van der Waals surface area contributed by atoms with Crippen LogP contribution in [0.1, 0.15) is 0 Å². The van der Waals surface area contributed by atoms with Crippen molar-refractivity contribution in [3.8, 4) is 0 Å². The van der Waals surface area contributed by atoms with Crippen molar-refractivity contribution in [3.05, 3.63) is 28.7 Å². The molecule has 1 rings (SSSR count). The molecule has 4 heteroatoms. The smallest absolute Gasteiger partial charge is 0.239 e. The minimum Gasteiger partial charge on any atom is -0.376 e. The SMILES string of the molecule is CNC(=O)CNc1ccc(Br)cc1. The first kappa shape index (κ1) is 10.1. The van der Waals surface area contributed by atoms with Crippen LogP contribution in [-0.4, -0.2) is 19.5 Å². The summed E-state index contributed by atoms with van der Waals surface area (Å²) in [6.45, 7) is 0.304. The molecule has 0 spiro atoms. The fourth-order valence-corrected chi connectivity index (χ4v) is 1.10. The highest BCUT2D eigenvalue weighted by Crippen LogP contribution is 2.13. The summed E-state index contributed by atoms with van der Waals surface area (Å²) in [5.74, 6) is -0.0251. The van der Waals surface area contributed by atoms with Crippen molar-refractivity contribution in [1.29, 1.82) is 0 Å². The number of rotatable bonds is 3.